The van der Waals surface area contributed by atoms with Crippen LogP contribution in [0.2, 0.25) is 5.02 Å². The van der Waals surface area contributed by atoms with Crippen molar-refractivity contribution in [3.63, 3.8) is 0 Å². The number of carbonyl (C=O) groups excluding carboxylic acids is 1. The first-order chi connectivity index (χ1) is 12.7. The van der Waals surface area contributed by atoms with Gasteiger partial charge in [0.2, 0.25) is 0 Å². The molecule has 6 nitrogen and oxygen atoms in total. The zero-order valence-electron chi connectivity index (χ0n) is 16.3. The van der Waals surface area contributed by atoms with E-state index in [2.05, 4.69) is 31.2 Å². The fourth-order valence-electron chi connectivity index (χ4n) is 3.46. The molecule has 1 aliphatic rings. The van der Waals surface area contributed by atoms with E-state index >= 15 is 0 Å². The first kappa shape index (κ1) is 19.5. The number of anilines is 1. The third-order valence-corrected chi connectivity index (χ3v) is 5.50. The summed E-state index contributed by atoms with van der Waals surface area (Å²) in [6.45, 7) is 6.67. The van der Waals surface area contributed by atoms with Gasteiger partial charge in [-0.1, -0.05) is 37.5 Å². The van der Waals surface area contributed by atoms with E-state index in [1.165, 1.54) is 14.2 Å². The van der Waals surface area contributed by atoms with Gasteiger partial charge in [0, 0.05) is 24.1 Å². The van der Waals surface area contributed by atoms with E-state index < -0.39 is 0 Å². The van der Waals surface area contributed by atoms with Gasteiger partial charge in [-0.3, -0.25) is 4.79 Å². The SMILES string of the molecule is COc1cc(NC(=O)c2noc3c2CC(C(C)(C)C)CC3)c(OC)cc1Cl. The lowest BCUT2D eigenvalue weighted by atomic mass is 9.71. The third-order valence-electron chi connectivity index (χ3n) is 5.20. The second-order valence-electron chi connectivity index (χ2n) is 7.88. The summed E-state index contributed by atoms with van der Waals surface area (Å²) < 4.78 is 16.0. The number of aromatic nitrogens is 1. The lowest BCUT2D eigenvalue weighted by Crippen LogP contribution is -2.27. The number of hydrogen-bond acceptors (Lipinski definition) is 5. The largest absolute Gasteiger partial charge is 0.495 e. The molecule has 1 unspecified atom stereocenters. The van der Waals surface area contributed by atoms with E-state index in [1.807, 2.05) is 0 Å². The first-order valence-corrected chi connectivity index (χ1v) is 9.32. The highest BCUT2D eigenvalue weighted by Gasteiger charge is 2.34. The van der Waals surface area contributed by atoms with Crippen molar-refractivity contribution in [1.29, 1.82) is 0 Å². The number of amides is 1. The molecule has 146 valence electrons. The molecule has 3 rings (SSSR count). The van der Waals surface area contributed by atoms with Gasteiger partial charge >= 0.3 is 0 Å². The van der Waals surface area contributed by atoms with Crippen molar-refractivity contribution in [3.8, 4) is 11.5 Å². The minimum absolute atomic E-state index is 0.162. The highest BCUT2D eigenvalue weighted by Crippen LogP contribution is 2.39. The maximum atomic E-state index is 12.9. The molecule has 1 aromatic carbocycles. The summed E-state index contributed by atoms with van der Waals surface area (Å²) >= 11 is 6.12. The van der Waals surface area contributed by atoms with Crippen LogP contribution in [0.5, 0.6) is 11.5 Å². The number of halogens is 1. The summed E-state index contributed by atoms with van der Waals surface area (Å²) in [5.74, 6) is 1.83. The highest BCUT2D eigenvalue weighted by atomic mass is 35.5. The van der Waals surface area contributed by atoms with Crippen LogP contribution in [0.4, 0.5) is 5.69 Å². The second-order valence-corrected chi connectivity index (χ2v) is 8.29. The maximum Gasteiger partial charge on any atom is 0.278 e. The van der Waals surface area contributed by atoms with Gasteiger partial charge in [-0.2, -0.15) is 0 Å². The van der Waals surface area contributed by atoms with Crippen molar-refractivity contribution in [2.24, 2.45) is 11.3 Å². The van der Waals surface area contributed by atoms with Gasteiger partial charge in [-0.25, -0.2) is 0 Å². The van der Waals surface area contributed by atoms with E-state index in [9.17, 15) is 4.79 Å². The van der Waals surface area contributed by atoms with Crippen LogP contribution in [-0.4, -0.2) is 25.3 Å². The van der Waals surface area contributed by atoms with Gasteiger partial charge in [-0.05, 0) is 24.2 Å². The summed E-state index contributed by atoms with van der Waals surface area (Å²) in [7, 11) is 3.03. The number of nitrogens with zero attached hydrogens (tertiary/aromatic N) is 1. The summed E-state index contributed by atoms with van der Waals surface area (Å²) in [6.07, 6.45) is 2.62. The van der Waals surface area contributed by atoms with Crippen LogP contribution in [0.15, 0.2) is 16.7 Å². The molecule has 0 fully saturated rings. The third kappa shape index (κ3) is 3.90. The summed E-state index contributed by atoms with van der Waals surface area (Å²) in [6, 6.07) is 3.23. The molecule has 27 heavy (non-hydrogen) atoms. The van der Waals surface area contributed by atoms with Crippen molar-refractivity contribution in [2.45, 2.75) is 40.0 Å². The number of methoxy groups -OCH3 is 2. The molecule has 1 heterocycles. The number of aryl methyl sites for hydroxylation is 1. The molecule has 1 N–H and O–H groups in total. The zero-order chi connectivity index (χ0) is 19.8. The number of hydrogen-bond donors (Lipinski definition) is 1. The summed E-state index contributed by atoms with van der Waals surface area (Å²) in [5, 5.41) is 7.29. The average Bonchev–Trinajstić information content (AvgIpc) is 3.05. The molecule has 2 aromatic rings. The Bertz CT molecular complexity index is 854. The van der Waals surface area contributed by atoms with Gasteiger partial charge in [0.15, 0.2) is 5.69 Å². The lowest BCUT2D eigenvalue weighted by molar-refractivity contribution is 0.101. The number of nitrogens with one attached hydrogen (secondary N) is 1. The number of fused-ring (bicyclic) bond motifs is 1. The smallest absolute Gasteiger partial charge is 0.278 e. The normalized spacial score (nSPS) is 16.6. The van der Waals surface area contributed by atoms with Gasteiger partial charge in [0.05, 0.1) is 24.9 Å². The van der Waals surface area contributed by atoms with Gasteiger partial charge in [-0.15, -0.1) is 0 Å². The Morgan fingerprint density at radius 3 is 2.59 bits per heavy atom. The second kappa shape index (κ2) is 7.43. The van der Waals surface area contributed by atoms with Crippen molar-refractivity contribution in [3.05, 3.63) is 34.2 Å². The Balaban J connectivity index is 1.88. The van der Waals surface area contributed by atoms with Crippen molar-refractivity contribution < 1.29 is 18.8 Å². The van der Waals surface area contributed by atoms with E-state index in [0.717, 1.165) is 30.6 Å². The molecule has 1 amide bonds. The number of ether oxygens (including phenoxy) is 2. The topological polar surface area (TPSA) is 73.6 Å². The fraction of sp³-hybridized carbons (Fsp3) is 0.500. The quantitative estimate of drug-likeness (QED) is 0.812. The van der Waals surface area contributed by atoms with Crippen LogP contribution in [0, 0.1) is 11.3 Å². The van der Waals surface area contributed by atoms with Crippen LogP contribution < -0.4 is 14.8 Å². The van der Waals surface area contributed by atoms with Gasteiger partial charge in [0.1, 0.15) is 17.3 Å². The van der Waals surface area contributed by atoms with Crippen LogP contribution in [0.3, 0.4) is 0 Å². The Morgan fingerprint density at radius 1 is 1.26 bits per heavy atom. The van der Waals surface area contributed by atoms with E-state index in [4.69, 9.17) is 25.6 Å². The molecular weight excluding hydrogens is 368 g/mol. The number of rotatable bonds is 4. The molecule has 0 spiro atoms. The monoisotopic (exact) mass is 392 g/mol. The maximum absolute atomic E-state index is 12.9. The predicted octanol–water partition coefficient (Wildman–Crippen LogP) is 4.75. The van der Waals surface area contributed by atoms with Crippen LogP contribution >= 0.6 is 11.6 Å². The highest BCUT2D eigenvalue weighted by molar-refractivity contribution is 6.32. The fourth-order valence-corrected chi connectivity index (χ4v) is 3.69. The Morgan fingerprint density at radius 2 is 1.96 bits per heavy atom. The van der Waals surface area contributed by atoms with E-state index in [0.29, 0.717) is 33.8 Å². The Kier molecular flexibility index (Phi) is 5.38. The van der Waals surface area contributed by atoms with Gasteiger partial charge < -0.3 is 19.3 Å². The summed E-state index contributed by atoms with van der Waals surface area (Å²) in [4.78, 5) is 12.9. The van der Waals surface area contributed by atoms with Crippen molar-refractivity contribution >= 4 is 23.2 Å². The summed E-state index contributed by atoms with van der Waals surface area (Å²) in [5.41, 5.74) is 1.85. The first-order valence-electron chi connectivity index (χ1n) is 8.95. The number of carbonyl (C=O) groups is 1. The average molecular weight is 393 g/mol. The molecule has 1 aliphatic carbocycles. The minimum Gasteiger partial charge on any atom is -0.495 e. The van der Waals surface area contributed by atoms with E-state index in [-0.39, 0.29) is 11.3 Å². The molecule has 0 saturated heterocycles. The molecule has 0 radical (unpaired) electrons. The zero-order valence-corrected chi connectivity index (χ0v) is 17.1. The Labute approximate surface area is 164 Å². The van der Waals surface area contributed by atoms with Crippen molar-refractivity contribution in [2.75, 3.05) is 19.5 Å². The molecule has 0 saturated carbocycles. The standard InChI is InChI=1S/C20H25ClN2O4/c1-20(2,3)11-6-7-15-12(8-11)18(23-27-15)19(24)22-14-10-16(25-4)13(21)9-17(14)26-5/h9-11H,6-8H2,1-5H3,(H,22,24). The molecule has 0 bridgehead atoms. The van der Waals surface area contributed by atoms with Crippen LogP contribution in [0.1, 0.15) is 49.0 Å². The molecular formula is C20H25ClN2O4. The molecule has 7 heteroatoms. The number of benzene rings is 1. The Hall–Kier alpha value is -2.21. The minimum atomic E-state index is -0.336. The predicted molar refractivity (Wildman–Crippen MR) is 104 cm³/mol. The lowest BCUT2D eigenvalue weighted by Gasteiger charge is -2.33. The van der Waals surface area contributed by atoms with Crippen LogP contribution in [0.25, 0.3) is 0 Å². The van der Waals surface area contributed by atoms with Crippen molar-refractivity contribution in [1.82, 2.24) is 5.16 Å². The van der Waals surface area contributed by atoms with Gasteiger partial charge in [0.25, 0.3) is 5.91 Å². The molecule has 1 aromatic heterocycles. The van der Waals surface area contributed by atoms with Crippen LogP contribution in [-0.2, 0) is 12.8 Å². The molecule has 0 aliphatic heterocycles. The van der Waals surface area contributed by atoms with E-state index in [1.54, 1.807) is 12.1 Å². The molecule has 1 atom stereocenters.